The Morgan fingerprint density at radius 1 is 1.35 bits per heavy atom. The smallest absolute Gasteiger partial charge is 0.0930 e. The van der Waals surface area contributed by atoms with Crippen molar-refractivity contribution in [2.45, 2.75) is 41.0 Å². The second-order valence-corrected chi connectivity index (χ2v) is 6.92. The minimum absolute atomic E-state index is 0.298. The van der Waals surface area contributed by atoms with Crippen LogP contribution < -0.4 is 5.32 Å². The molecule has 0 amide bonds. The topological polar surface area (TPSA) is 24.9 Å². The summed E-state index contributed by atoms with van der Waals surface area (Å²) in [7, 11) is 0. The summed E-state index contributed by atoms with van der Waals surface area (Å²) in [4.78, 5) is 4.42. The van der Waals surface area contributed by atoms with Crippen molar-refractivity contribution in [2.75, 3.05) is 13.1 Å². The van der Waals surface area contributed by atoms with Crippen molar-refractivity contribution in [1.29, 1.82) is 0 Å². The third-order valence-corrected chi connectivity index (χ3v) is 4.29. The lowest BCUT2D eigenvalue weighted by molar-refractivity contribution is 0.205. The van der Waals surface area contributed by atoms with Crippen molar-refractivity contribution in [3.8, 4) is 0 Å². The van der Waals surface area contributed by atoms with E-state index >= 15 is 0 Å². The standard InChI is InChI=1S/C14H26N2S/c1-11(2)9-15-10-14(5,12(3)4)8-13-16-6-7-17-13/h6-7,11-12,15H,8-10H2,1-5H3. The summed E-state index contributed by atoms with van der Waals surface area (Å²) >= 11 is 1.77. The van der Waals surface area contributed by atoms with E-state index in [2.05, 4.69) is 50.3 Å². The zero-order chi connectivity index (χ0) is 12.9. The summed E-state index contributed by atoms with van der Waals surface area (Å²) in [5.41, 5.74) is 0.298. The summed E-state index contributed by atoms with van der Waals surface area (Å²) in [5.74, 6) is 1.37. The Labute approximate surface area is 110 Å². The minimum atomic E-state index is 0.298. The molecule has 0 aromatic carbocycles. The SMILES string of the molecule is CC(C)CNCC(C)(Cc1nccs1)C(C)C. The van der Waals surface area contributed by atoms with Gasteiger partial charge in [0.05, 0.1) is 5.01 Å². The largest absolute Gasteiger partial charge is 0.316 e. The molecule has 1 aromatic heterocycles. The number of rotatable bonds is 7. The summed E-state index contributed by atoms with van der Waals surface area (Å²) in [5, 5.41) is 6.92. The number of nitrogens with zero attached hydrogens (tertiary/aromatic N) is 1. The van der Waals surface area contributed by atoms with E-state index in [1.54, 1.807) is 11.3 Å². The molecule has 0 bridgehead atoms. The molecule has 0 aliphatic carbocycles. The van der Waals surface area contributed by atoms with Crippen molar-refractivity contribution >= 4 is 11.3 Å². The molecule has 2 nitrogen and oxygen atoms in total. The van der Waals surface area contributed by atoms with Crippen LogP contribution in [-0.4, -0.2) is 18.1 Å². The zero-order valence-corrected chi connectivity index (χ0v) is 12.6. The Bertz CT molecular complexity index is 306. The first-order valence-corrected chi connectivity index (χ1v) is 7.41. The van der Waals surface area contributed by atoms with Crippen LogP contribution in [0.3, 0.4) is 0 Å². The number of aromatic nitrogens is 1. The molecular weight excluding hydrogens is 228 g/mol. The van der Waals surface area contributed by atoms with Gasteiger partial charge in [-0.2, -0.15) is 0 Å². The minimum Gasteiger partial charge on any atom is -0.316 e. The van der Waals surface area contributed by atoms with E-state index in [9.17, 15) is 0 Å². The third-order valence-electron chi connectivity index (χ3n) is 3.51. The maximum Gasteiger partial charge on any atom is 0.0930 e. The number of nitrogens with one attached hydrogen (secondary N) is 1. The van der Waals surface area contributed by atoms with Crippen LogP contribution in [-0.2, 0) is 6.42 Å². The average Bonchev–Trinajstić information content (AvgIpc) is 2.69. The lowest BCUT2D eigenvalue weighted by atomic mass is 9.76. The van der Waals surface area contributed by atoms with Gasteiger partial charge in [0.15, 0.2) is 0 Å². The van der Waals surface area contributed by atoms with Crippen LogP contribution in [0.25, 0.3) is 0 Å². The van der Waals surface area contributed by atoms with Crippen LogP contribution in [0.15, 0.2) is 11.6 Å². The second-order valence-electron chi connectivity index (χ2n) is 5.94. The highest BCUT2D eigenvalue weighted by Gasteiger charge is 2.29. The van der Waals surface area contributed by atoms with Crippen molar-refractivity contribution in [2.24, 2.45) is 17.3 Å². The molecule has 0 fully saturated rings. The van der Waals surface area contributed by atoms with Crippen LogP contribution in [0.4, 0.5) is 0 Å². The number of hydrogen-bond donors (Lipinski definition) is 1. The predicted octanol–water partition coefficient (Wildman–Crippen LogP) is 3.59. The van der Waals surface area contributed by atoms with Gasteiger partial charge >= 0.3 is 0 Å². The van der Waals surface area contributed by atoms with Crippen molar-refractivity contribution in [1.82, 2.24) is 10.3 Å². The number of thiazole rings is 1. The van der Waals surface area contributed by atoms with Crippen LogP contribution in [0.2, 0.25) is 0 Å². The Balaban J connectivity index is 2.56. The van der Waals surface area contributed by atoms with Gasteiger partial charge < -0.3 is 5.32 Å². The second kappa shape index (κ2) is 6.50. The van der Waals surface area contributed by atoms with Gasteiger partial charge in [0.2, 0.25) is 0 Å². The van der Waals surface area contributed by atoms with Crippen molar-refractivity contribution in [3.05, 3.63) is 16.6 Å². The first-order valence-electron chi connectivity index (χ1n) is 6.53. The lowest BCUT2D eigenvalue weighted by Gasteiger charge is -2.33. The van der Waals surface area contributed by atoms with Gasteiger partial charge in [-0.3, -0.25) is 0 Å². The molecule has 1 atom stereocenters. The molecule has 1 N–H and O–H groups in total. The Kier molecular flexibility index (Phi) is 5.60. The van der Waals surface area contributed by atoms with Crippen LogP contribution >= 0.6 is 11.3 Å². The van der Waals surface area contributed by atoms with E-state index in [1.807, 2.05) is 6.20 Å². The first kappa shape index (κ1) is 14.7. The lowest BCUT2D eigenvalue weighted by Crippen LogP contribution is -2.39. The fourth-order valence-corrected chi connectivity index (χ4v) is 2.62. The fraction of sp³-hybridized carbons (Fsp3) is 0.786. The van der Waals surface area contributed by atoms with Crippen LogP contribution in [0.1, 0.15) is 39.6 Å². The quantitative estimate of drug-likeness (QED) is 0.804. The Morgan fingerprint density at radius 2 is 2.06 bits per heavy atom. The molecule has 0 saturated heterocycles. The van der Waals surface area contributed by atoms with Gasteiger partial charge in [-0.1, -0.05) is 34.6 Å². The van der Waals surface area contributed by atoms with E-state index < -0.39 is 0 Å². The highest BCUT2D eigenvalue weighted by atomic mass is 32.1. The molecule has 17 heavy (non-hydrogen) atoms. The van der Waals surface area contributed by atoms with Gasteiger partial charge in [-0.25, -0.2) is 4.98 Å². The van der Waals surface area contributed by atoms with Gasteiger partial charge in [0, 0.05) is 24.5 Å². The molecule has 1 heterocycles. The number of hydrogen-bond acceptors (Lipinski definition) is 3. The van der Waals surface area contributed by atoms with Crippen molar-refractivity contribution in [3.63, 3.8) is 0 Å². The van der Waals surface area contributed by atoms with Crippen molar-refractivity contribution < 1.29 is 0 Å². The highest BCUT2D eigenvalue weighted by Crippen LogP contribution is 2.31. The summed E-state index contributed by atoms with van der Waals surface area (Å²) in [6.07, 6.45) is 2.98. The van der Waals surface area contributed by atoms with E-state index in [0.717, 1.165) is 19.5 Å². The fourth-order valence-electron chi connectivity index (χ4n) is 1.80. The van der Waals surface area contributed by atoms with Crippen LogP contribution in [0, 0.1) is 17.3 Å². The molecule has 0 aliphatic heterocycles. The average molecular weight is 254 g/mol. The molecule has 3 heteroatoms. The molecule has 0 radical (unpaired) electrons. The van der Waals surface area contributed by atoms with Gasteiger partial charge in [0.1, 0.15) is 0 Å². The third kappa shape index (κ3) is 4.76. The molecule has 0 saturated carbocycles. The maximum absolute atomic E-state index is 4.42. The van der Waals surface area contributed by atoms with Gasteiger partial charge in [-0.05, 0) is 23.8 Å². The molecule has 0 spiro atoms. The molecular formula is C14H26N2S. The molecule has 98 valence electrons. The Hall–Kier alpha value is -0.410. The van der Waals surface area contributed by atoms with Gasteiger partial charge in [0.25, 0.3) is 0 Å². The van der Waals surface area contributed by atoms with E-state index in [-0.39, 0.29) is 0 Å². The van der Waals surface area contributed by atoms with E-state index in [4.69, 9.17) is 0 Å². The summed E-state index contributed by atoms with van der Waals surface area (Å²) < 4.78 is 0. The monoisotopic (exact) mass is 254 g/mol. The molecule has 1 unspecified atom stereocenters. The zero-order valence-electron chi connectivity index (χ0n) is 11.8. The normalized spacial score (nSPS) is 15.5. The Morgan fingerprint density at radius 3 is 2.53 bits per heavy atom. The highest BCUT2D eigenvalue weighted by molar-refractivity contribution is 7.09. The molecule has 1 rings (SSSR count). The molecule has 0 aliphatic rings. The van der Waals surface area contributed by atoms with Crippen LogP contribution in [0.5, 0.6) is 0 Å². The summed E-state index contributed by atoms with van der Waals surface area (Å²) in [6.45, 7) is 13.7. The predicted molar refractivity (Wildman–Crippen MR) is 76.5 cm³/mol. The van der Waals surface area contributed by atoms with E-state index in [0.29, 0.717) is 17.3 Å². The molecule has 1 aromatic rings. The maximum atomic E-state index is 4.42. The van der Waals surface area contributed by atoms with Gasteiger partial charge in [-0.15, -0.1) is 11.3 Å². The van der Waals surface area contributed by atoms with E-state index in [1.165, 1.54) is 5.01 Å². The summed E-state index contributed by atoms with van der Waals surface area (Å²) in [6, 6.07) is 0. The first-order chi connectivity index (χ1) is 7.94.